The van der Waals surface area contributed by atoms with Gasteiger partial charge in [0.2, 0.25) is 0 Å². The lowest BCUT2D eigenvalue weighted by atomic mass is 9.81. The first-order chi connectivity index (χ1) is 12.9. The molecule has 0 aliphatic carbocycles. The highest BCUT2D eigenvalue weighted by Crippen LogP contribution is 2.44. The molecule has 0 saturated carbocycles. The van der Waals surface area contributed by atoms with E-state index in [4.69, 9.17) is 4.74 Å². The summed E-state index contributed by atoms with van der Waals surface area (Å²) in [6.07, 6.45) is 1.47. The molecule has 2 N–H and O–H groups in total. The molecule has 1 saturated heterocycles. The fraction of sp³-hybridized carbons (Fsp3) is 0.478. The molecular formula is C23H29NO3. The molecular weight excluding hydrogens is 338 g/mol. The van der Waals surface area contributed by atoms with Gasteiger partial charge in [0.25, 0.3) is 0 Å². The van der Waals surface area contributed by atoms with Gasteiger partial charge >= 0.3 is 0 Å². The Balaban J connectivity index is 1.39. The van der Waals surface area contributed by atoms with Crippen molar-refractivity contribution in [3.05, 3.63) is 64.7 Å². The monoisotopic (exact) mass is 367 g/mol. The number of ether oxygens (including phenoxy) is 1. The molecule has 1 fully saturated rings. The zero-order valence-electron chi connectivity index (χ0n) is 16.2. The lowest BCUT2D eigenvalue weighted by Gasteiger charge is -2.46. The number of nitrogens with zero attached hydrogens (tertiary/aromatic N) is 1. The minimum absolute atomic E-state index is 0.285. The van der Waals surface area contributed by atoms with E-state index >= 15 is 0 Å². The first kappa shape index (κ1) is 18.5. The first-order valence-corrected chi connectivity index (χ1v) is 9.89. The molecule has 2 aliphatic rings. The van der Waals surface area contributed by atoms with E-state index in [1.54, 1.807) is 0 Å². The third-order valence-electron chi connectivity index (χ3n) is 6.08. The number of hydrogen-bond donors (Lipinski definition) is 2. The number of benzene rings is 2. The number of likely N-dealkylation sites (tertiary alicyclic amines) is 1. The van der Waals surface area contributed by atoms with Crippen LogP contribution in [-0.4, -0.2) is 40.3 Å². The van der Waals surface area contributed by atoms with Crippen LogP contribution >= 0.6 is 0 Å². The molecule has 0 bridgehead atoms. The van der Waals surface area contributed by atoms with Gasteiger partial charge in [0.15, 0.2) is 0 Å². The van der Waals surface area contributed by atoms with Crippen LogP contribution in [0.2, 0.25) is 0 Å². The molecule has 4 nitrogen and oxygen atoms in total. The predicted octanol–water partition coefficient (Wildman–Crippen LogP) is 3.69. The molecule has 2 aromatic rings. The largest absolute Gasteiger partial charge is 0.487 e. The van der Waals surface area contributed by atoms with Crippen molar-refractivity contribution in [2.24, 2.45) is 0 Å². The summed E-state index contributed by atoms with van der Waals surface area (Å²) >= 11 is 0. The highest BCUT2D eigenvalue weighted by Gasteiger charge is 2.43. The summed E-state index contributed by atoms with van der Waals surface area (Å²) < 4.78 is 6.39. The minimum Gasteiger partial charge on any atom is -0.487 e. The van der Waals surface area contributed by atoms with E-state index in [0.29, 0.717) is 13.0 Å². The zero-order valence-corrected chi connectivity index (χ0v) is 16.2. The van der Waals surface area contributed by atoms with Crippen LogP contribution < -0.4 is 4.74 Å². The number of rotatable bonds is 3. The minimum atomic E-state index is -0.471. The smallest absolute Gasteiger partial charge is 0.125 e. The van der Waals surface area contributed by atoms with Crippen molar-refractivity contribution in [1.29, 1.82) is 0 Å². The Kier molecular flexibility index (Phi) is 4.97. The van der Waals surface area contributed by atoms with Gasteiger partial charge in [-0.3, -0.25) is 0 Å². The van der Waals surface area contributed by atoms with Gasteiger partial charge in [-0.2, -0.15) is 0 Å². The third kappa shape index (κ3) is 3.88. The van der Waals surface area contributed by atoms with Crippen molar-refractivity contribution in [3.63, 3.8) is 0 Å². The Morgan fingerprint density at radius 3 is 2.44 bits per heavy atom. The van der Waals surface area contributed by atoms with E-state index in [1.165, 1.54) is 5.56 Å². The lowest BCUT2D eigenvalue weighted by Crippen LogP contribution is -2.51. The summed E-state index contributed by atoms with van der Waals surface area (Å²) in [7, 11) is 0. The maximum Gasteiger partial charge on any atom is 0.125 e. The van der Waals surface area contributed by atoms with Crippen molar-refractivity contribution in [2.45, 2.75) is 50.9 Å². The van der Waals surface area contributed by atoms with Gasteiger partial charge in [-0.05, 0) is 44.4 Å². The average molecular weight is 367 g/mol. The van der Waals surface area contributed by atoms with Crippen LogP contribution in [-0.2, 0) is 0 Å². The molecule has 144 valence electrons. The van der Waals surface area contributed by atoms with E-state index in [-0.39, 0.29) is 5.60 Å². The van der Waals surface area contributed by atoms with Crippen LogP contribution in [0, 0.1) is 13.8 Å². The number of aryl methyl sites for hydroxylation is 2. The van der Waals surface area contributed by atoms with Gasteiger partial charge in [-0.25, -0.2) is 0 Å². The molecule has 4 rings (SSSR count). The quantitative estimate of drug-likeness (QED) is 0.869. The molecule has 0 amide bonds. The van der Waals surface area contributed by atoms with E-state index in [1.807, 2.05) is 49.4 Å². The molecule has 27 heavy (non-hydrogen) atoms. The number of aliphatic hydroxyl groups is 2. The summed E-state index contributed by atoms with van der Waals surface area (Å²) in [6.45, 7) is 6.47. The standard InChI is InChI=1S/C23H29NO3/c1-16-3-6-18(7-4-16)21(26)15-24-11-9-23(10-12-24)14-20(25)19-13-17(2)5-8-22(19)27-23/h3-8,13,20-21,25-26H,9-12,14-15H2,1-2H3/t20-,21+/m0/s1. The van der Waals surface area contributed by atoms with Gasteiger partial charge in [-0.1, -0.05) is 41.5 Å². The second kappa shape index (κ2) is 7.27. The van der Waals surface area contributed by atoms with Gasteiger partial charge in [0.05, 0.1) is 12.2 Å². The average Bonchev–Trinajstić information content (AvgIpc) is 2.65. The Hall–Kier alpha value is -1.88. The highest BCUT2D eigenvalue weighted by atomic mass is 16.5. The van der Waals surface area contributed by atoms with Crippen molar-refractivity contribution in [1.82, 2.24) is 4.90 Å². The van der Waals surface area contributed by atoms with Crippen LogP contribution in [0.1, 0.15) is 53.7 Å². The van der Waals surface area contributed by atoms with E-state index in [9.17, 15) is 10.2 Å². The fourth-order valence-corrected chi connectivity index (χ4v) is 4.35. The summed E-state index contributed by atoms with van der Waals surface area (Å²) in [5, 5.41) is 21.2. The normalized spacial score (nSPS) is 22.9. The second-order valence-electron chi connectivity index (χ2n) is 8.27. The Bertz CT molecular complexity index is 794. The third-order valence-corrected chi connectivity index (χ3v) is 6.08. The van der Waals surface area contributed by atoms with Crippen molar-refractivity contribution in [3.8, 4) is 5.75 Å². The fourth-order valence-electron chi connectivity index (χ4n) is 4.35. The Morgan fingerprint density at radius 1 is 1.07 bits per heavy atom. The van der Waals surface area contributed by atoms with Crippen molar-refractivity contribution in [2.75, 3.05) is 19.6 Å². The van der Waals surface area contributed by atoms with Crippen LogP contribution in [0.3, 0.4) is 0 Å². The lowest BCUT2D eigenvalue weighted by molar-refractivity contribution is -0.0588. The molecule has 0 unspecified atom stereocenters. The summed E-state index contributed by atoms with van der Waals surface area (Å²) in [6, 6.07) is 14.1. The van der Waals surface area contributed by atoms with Gasteiger partial charge in [0, 0.05) is 31.6 Å². The number of β-amino-alcohol motifs (C(OH)–C–C–N with tert-alkyl or cyclic N) is 1. The summed E-state index contributed by atoms with van der Waals surface area (Å²) in [5.74, 6) is 0.826. The molecule has 2 atom stereocenters. The van der Waals surface area contributed by atoms with Crippen LogP contribution in [0.4, 0.5) is 0 Å². The summed E-state index contributed by atoms with van der Waals surface area (Å²) in [5.41, 5.74) is 3.95. The van der Waals surface area contributed by atoms with Gasteiger partial charge in [0.1, 0.15) is 11.4 Å². The topological polar surface area (TPSA) is 52.9 Å². The molecule has 2 heterocycles. The van der Waals surface area contributed by atoms with Crippen molar-refractivity contribution < 1.29 is 14.9 Å². The van der Waals surface area contributed by atoms with Crippen LogP contribution in [0.25, 0.3) is 0 Å². The summed E-state index contributed by atoms with van der Waals surface area (Å²) in [4.78, 5) is 2.30. The number of piperidine rings is 1. The zero-order chi connectivity index (χ0) is 19.0. The number of aliphatic hydroxyl groups excluding tert-OH is 2. The molecule has 0 radical (unpaired) electrons. The number of hydrogen-bond acceptors (Lipinski definition) is 4. The molecule has 2 aromatic carbocycles. The highest BCUT2D eigenvalue weighted by molar-refractivity contribution is 5.41. The molecule has 0 aromatic heterocycles. The molecule has 4 heteroatoms. The van der Waals surface area contributed by atoms with Crippen LogP contribution in [0.15, 0.2) is 42.5 Å². The Morgan fingerprint density at radius 2 is 1.74 bits per heavy atom. The Labute approximate surface area is 161 Å². The van der Waals surface area contributed by atoms with Crippen molar-refractivity contribution >= 4 is 0 Å². The maximum absolute atomic E-state index is 10.7. The van der Waals surface area contributed by atoms with E-state index < -0.39 is 12.2 Å². The second-order valence-corrected chi connectivity index (χ2v) is 8.27. The maximum atomic E-state index is 10.7. The van der Waals surface area contributed by atoms with E-state index in [2.05, 4.69) is 11.8 Å². The van der Waals surface area contributed by atoms with Gasteiger partial charge in [-0.15, -0.1) is 0 Å². The molecule has 2 aliphatic heterocycles. The van der Waals surface area contributed by atoms with Crippen LogP contribution in [0.5, 0.6) is 5.75 Å². The SMILES string of the molecule is Cc1ccc([C@H](O)CN2CCC3(CC2)C[C@H](O)c2cc(C)ccc2O3)cc1. The first-order valence-electron chi connectivity index (χ1n) is 9.89. The van der Waals surface area contributed by atoms with E-state index in [0.717, 1.165) is 48.4 Å². The van der Waals surface area contributed by atoms with Gasteiger partial charge < -0.3 is 19.8 Å². The number of fused-ring (bicyclic) bond motifs is 1. The molecule has 1 spiro atoms. The predicted molar refractivity (Wildman–Crippen MR) is 106 cm³/mol.